The van der Waals surface area contributed by atoms with Crippen molar-refractivity contribution in [3.63, 3.8) is 0 Å². The summed E-state index contributed by atoms with van der Waals surface area (Å²) >= 11 is 19.7. The molecule has 6 heteroatoms. The Bertz CT molecular complexity index is 513. The summed E-state index contributed by atoms with van der Waals surface area (Å²) in [6.45, 7) is 0.457. The van der Waals surface area contributed by atoms with Crippen LogP contribution in [0.1, 0.15) is 0 Å². The molecule has 2 aromatic carbocycles. The highest BCUT2D eigenvalue weighted by atomic mass is 35.5. The third-order valence-electron chi connectivity index (χ3n) is 2.49. The molecule has 0 saturated carbocycles. The Balaban J connectivity index is 1.91. The monoisotopic (exact) mass is 347 g/mol. The first-order chi connectivity index (χ1) is 9.59. The van der Waals surface area contributed by atoms with E-state index in [0.717, 1.165) is 4.90 Å². The van der Waals surface area contributed by atoms with Crippen molar-refractivity contribution < 1.29 is 4.74 Å². The summed E-state index contributed by atoms with van der Waals surface area (Å²) < 4.78 is 5.60. The van der Waals surface area contributed by atoms with Gasteiger partial charge in [0.2, 0.25) is 0 Å². The predicted octanol–water partition coefficient (Wildman–Crippen LogP) is 5.40. The minimum atomic E-state index is 0.457. The van der Waals surface area contributed by atoms with Gasteiger partial charge in [0, 0.05) is 16.3 Å². The summed E-state index contributed by atoms with van der Waals surface area (Å²) in [5.74, 6) is 1.19. The van der Waals surface area contributed by atoms with E-state index in [4.69, 9.17) is 45.3 Å². The molecule has 0 fully saturated rings. The Labute approximate surface area is 137 Å². The zero-order chi connectivity index (χ0) is 14.5. The summed E-state index contributed by atoms with van der Waals surface area (Å²) in [5.41, 5.74) is 6.54. The molecule has 0 aliphatic heterocycles. The van der Waals surface area contributed by atoms with Crippen LogP contribution in [0, 0.1) is 0 Å². The molecule has 0 atom stereocenters. The molecule has 2 N–H and O–H groups in total. The summed E-state index contributed by atoms with van der Waals surface area (Å²) in [7, 11) is 0. The van der Waals surface area contributed by atoms with Crippen molar-refractivity contribution in [2.24, 2.45) is 0 Å². The number of nitrogen functional groups attached to an aromatic ring is 1. The van der Waals surface area contributed by atoms with E-state index in [2.05, 4.69) is 0 Å². The molecule has 0 spiro atoms. The van der Waals surface area contributed by atoms with Gasteiger partial charge in [-0.15, -0.1) is 11.8 Å². The highest BCUT2D eigenvalue weighted by Gasteiger charge is 2.08. The Morgan fingerprint density at radius 1 is 0.950 bits per heavy atom. The summed E-state index contributed by atoms with van der Waals surface area (Å²) in [6, 6.07) is 10.7. The van der Waals surface area contributed by atoms with Crippen molar-refractivity contribution in [1.82, 2.24) is 0 Å². The smallest absolute Gasteiger partial charge is 0.156 e. The molecule has 0 aliphatic rings. The molecule has 0 heterocycles. The van der Waals surface area contributed by atoms with Gasteiger partial charge < -0.3 is 10.5 Å². The van der Waals surface area contributed by atoms with Crippen LogP contribution in [0.15, 0.2) is 41.3 Å². The second kappa shape index (κ2) is 7.32. The van der Waals surface area contributed by atoms with E-state index in [1.807, 2.05) is 18.2 Å². The van der Waals surface area contributed by atoms with Crippen LogP contribution in [0.4, 0.5) is 5.69 Å². The molecule has 2 nitrogen and oxygen atoms in total. The van der Waals surface area contributed by atoms with Gasteiger partial charge in [0.1, 0.15) is 0 Å². The number of para-hydroxylation sites is 1. The topological polar surface area (TPSA) is 35.2 Å². The molecule has 0 saturated heterocycles. The van der Waals surface area contributed by atoms with Crippen molar-refractivity contribution in [1.29, 1.82) is 0 Å². The lowest BCUT2D eigenvalue weighted by Gasteiger charge is -2.10. The largest absolute Gasteiger partial charge is 0.490 e. The average molecular weight is 349 g/mol. The first kappa shape index (κ1) is 15.6. The van der Waals surface area contributed by atoms with Gasteiger partial charge in [-0.05, 0) is 24.3 Å². The van der Waals surface area contributed by atoms with E-state index in [9.17, 15) is 0 Å². The summed E-state index contributed by atoms with van der Waals surface area (Å²) in [4.78, 5) is 0.864. The maximum atomic E-state index is 6.09. The van der Waals surface area contributed by atoms with E-state index in [1.54, 1.807) is 18.2 Å². The number of hydrogen-bond acceptors (Lipinski definition) is 3. The number of nitrogens with two attached hydrogens (primary N) is 1. The van der Waals surface area contributed by atoms with Gasteiger partial charge in [-0.3, -0.25) is 0 Å². The SMILES string of the molecule is Nc1cccc(Cl)c1SCCOc1c(Cl)cccc1Cl. The molecule has 2 rings (SSSR count). The molecule has 0 aliphatic carbocycles. The van der Waals surface area contributed by atoms with Crippen LogP contribution in [0.25, 0.3) is 0 Å². The minimum Gasteiger partial charge on any atom is -0.490 e. The first-order valence-corrected chi connectivity index (χ1v) is 7.95. The number of hydrogen-bond donors (Lipinski definition) is 1. The van der Waals surface area contributed by atoms with Crippen LogP contribution < -0.4 is 10.5 Å². The standard InChI is InChI=1S/C14H12Cl3NOS/c15-9-3-1-4-10(16)13(9)19-7-8-20-14-11(17)5-2-6-12(14)18/h1-6H,7-8,18H2. The number of benzene rings is 2. The molecule has 0 unspecified atom stereocenters. The van der Waals surface area contributed by atoms with E-state index >= 15 is 0 Å². The molecule has 0 radical (unpaired) electrons. The fourth-order valence-corrected chi connectivity index (χ4v) is 3.25. The number of ether oxygens (including phenoxy) is 1. The van der Waals surface area contributed by atoms with Crippen molar-refractivity contribution in [2.75, 3.05) is 18.1 Å². The highest BCUT2D eigenvalue weighted by molar-refractivity contribution is 7.99. The number of thioether (sulfide) groups is 1. The Morgan fingerprint density at radius 3 is 2.20 bits per heavy atom. The first-order valence-electron chi connectivity index (χ1n) is 5.83. The lowest BCUT2D eigenvalue weighted by atomic mass is 10.3. The number of halogens is 3. The predicted molar refractivity (Wildman–Crippen MR) is 88.5 cm³/mol. The highest BCUT2D eigenvalue weighted by Crippen LogP contribution is 2.34. The fraction of sp³-hybridized carbons (Fsp3) is 0.143. The normalized spacial score (nSPS) is 10.6. The Hall–Kier alpha value is -0.740. The van der Waals surface area contributed by atoms with E-state index in [0.29, 0.717) is 38.9 Å². The molecule has 106 valence electrons. The molecular formula is C14H12Cl3NOS. The third kappa shape index (κ3) is 3.89. The van der Waals surface area contributed by atoms with Gasteiger partial charge in [0.15, 0.2) is 5.75 Å². The minimum absolute atomic E-state index is 0.457. The number of anilines is 1. The average Bonchev–Trinajstić information content (AvgIpc) is 2.40. The lowest BCUT2D eigenvalue weighted by Crippen LogP contribution is -2.01. The fourth-order valence-electron chi connectivity index (χ4n) is 1.59. The van der Waals surface area contributed by atoms with E-state index in [-0.39, 0.29) is 0 Å². The zero-order valence-corrected chi connectivity index (χ0v) is 13.5. The third-order valence-corrected chi connectivity index (χ3v) is 4.63. The maximum absolute atomic E-state index is 6.09. The summed E-state index contributed by atoms with van der Waals surface area (Å²) in [5, 5.41) is 1.64. The van der Waals surface area contributed by atoms with Crippen LogP contribution in [-0.2, 0) is 0 Å². The Morgan fingerprint density at radius 2 is 1.55 bits per heavy atom. The van der Waals surface area contributed by atoms with E-state index < -0.39 is 0 Å². The number of rotatable bonds is 5. The molecule has 0 amide bonds. The van der Waals surface area contributed by atoms with Crippen molar-refractivity contribution in [3.05, 3.63) is 51.5 Å². The van der Waals surface area contributed by atoms with Gasteiger partial charge in [0.25, 0.3) is 0 Å². The summed E-state index contributed by atoms with van der Waals surface area (Å²) in [6.07, 6.45) is 0. The van der Waals surface area contributed by atoms with Crippen molar-refractivity contribution >= 4 is 52.3 Å². The van der Waals surface area contributed by atoms with Crippen LogP contribution >= 0.6 is 46.6 Å². The van der Waals surface area contributed by atoms with Gasteiger partial charge in [0.05, 0.1) is 21.7 Å². The van der Waals surface area contributed by atoms with Gasteiger partial charge in [-0.1, -0.05) is 46.9 Å². The maximum Gasteiger partial charge on any atom is 0.156 e. The second-order valence-electron chi connectivity index (χ2n) is 3.91. The van der Waals surface area contributed by atoms with Gasteiger partial charge in [-0.2, -0.15) is 0 Å². The molecule has 2 aromatic rings. The lowest BCUT2D eigenvalue weighted by molar-refractivity contribution is 0.344. The second-order valence-corrected chi connectivity index (χ2v) is 6.23. The van der Waals surface area contributed by atoms with Gasteiger partial charge in [-0.25, -0.2) is 0 Å². The quantitative estimate of drug-likeness (QED) is 0.446. The van der Waals surface area contributed by atoms with E-state index in [1.165, 1.54) is 11.8 Å². The molecule has 20 heavy (non-hydrogen) atoms. The van der Waals surface area contributed by atoms with Crippen molar-refractivity contribution in [3.8, 4) is 5.75 Å². The molecular weight excluding hydrogens is 337 g/mol. The van der Waals surface area contributed by atoms with Crippen LogP contribution in [0.3, 0.4) is 0 Å². The Kier molecular flexibility index (Phi) is 5.73. The van der Waals surface area contributed by atoms with Gasteiger partial charge >= 0.3 is 0 Å². The molecule has 0 bridgehead atoms. The van der Waals surface area contributed by atoms with Crippen LogP contribution in [0.5, 0.6) is 5.75 Å². The van der Waals surface area contributed by atoms with Crippen molar-refractivity contribution in [2.45, 2.75) is 4.90 Å². The van der Waals surface area contributed by atoms with Crippen LogP contribution in [0.2, 0.25) is 15.1 Å². The molecule has 0 aromatic heterocycles. The van der Waals surface area contributed by atoms with Crippen LogP contribution in [-0.4, -0.2) is 12.4 Å². The zero-order valence-electron chi connectivity index (χ0n) is 10.4.